The summed E-state index contributed by atoms with van der Waals surface area (Å²) in [7, 11) is 2.11. The smallest absolute Gasteiger partial charge is 0.0349 e. The van der Waals surface area contributed by atoms with Crippen molar-refractivity contribution >= 4 is 11.8 Å². The summed E-state index contributed by atoms with van der Waals surface area (Å²) in [4.78, 5) is 0. The first-order valence-electron chi connectivity index (χ1n) is 6.61. The number of hydrogen-bond acceptors (Lipinski definition) is 2. The third-order valence-corrected chi connectivity index (χ3v) is 4.58. The molecule has 1 N–H and O–H groups in total. The highest BCUT2D eigenvalue weighted by Crippen LogP contribution is 2.36. The van der Waals surface area contributed by atoms with E-state index in [1.54, 1.807) is 5.56 Å². The maximum atomic E-state index is 3.53. The van der Waals surface area contributed by atoms with Crippen LogP contribution < -0.4 is 5.32 Å². The van der Waals surface area contributed by atoms with Crippen LogP contribution in [-0.4, -0.2) is 19.1 Å². The van der Waals surface area contributed by atoms with Crippen LogP contribution in [0.25, 0.3) is 0 Å². The molecule has 94 valence electrons. The van der Waals surface area contributed by atoms with E-state index in [0.29, 0.717) is 6.04 Å². The van der Waals surface area contributed by atoms with Crippen molar-refractivity contribution in [1.29, 1.82) is 0 Å². The Morgan fingerprint density at radius 1 is 1.35 bits per heavy atom. The molecule has 0 heterocycles. The molecule has 0 amide bonds. The zero-order valence-corrected chi connectivity index (χ0v) is 11.7. The topological polar surface area (TPSA) is 12.0 Å². The van der Waals surface area contributed by atoms with E-state index in [2.05, 4.69) is 42.9 Å². The minimum atomic E-state index is 0.571. The molecule has 17 heavy (non-hydrogen) atoms. The van der Waals surface area contributed by atoms with Crippen molar-refractivity contribution < 1.29 is 0 Å². The lowest BCUT2D eigenvalue weighted by molar-refractivity contribution is 0.315. The fourth-order valence-electron chi connectivity index (χ4n) is 3.02. The maximum absolute atomic E-state index is 3.53. The lowest BCUT2D eigenvalue weighted by Crippen LogP contribution is -2.30. The van der Waals surface area contributed by atoms with Crippen LogP contribution in [0.1, 0.15) is 36.4 Å². The number of hydrogen-bond donors (Lipinski definition) is 1. The molecule has 0 aromatic heterocycles. The van der Waals surface area contributed by atoms with E-state index in [4.69, 9.17) is 0 Å². The van der Waals surface area contributed by atoms with Gasteiger partial charge in [0.1, 0.15) is 0 Å². The molecule has 0 saturated carbocycles. The number of nitrogens with one attached hydrogen (secondary N) is 1. The molecule has 0 spiro atoms. The summed E-state index contributed by atoms with van der Waals surface area (Å²) in [5, 5.41) is 3.53. The Hall–Kier alpha value is -0.470. The summed E-state index contributed by atoms with van der Waals surface area (Å²) in [6.45, 7) is 0. The van der Waals surface area contributed by atoms with Crippen molar-refractivity contribution in [3.63, 3.8) is 0 Å². The predicted molar refractivity (Wildman–Crippen MR) is 77.7 cm³/mol. The molecule has 0 bridgehead atoms. The fraction of sp³-hybridized carbons (Fsp3) is 0.600. The molecule has 0 saturated heterocycles. The van der Waals surface area contributed by atoms with Crippen LogP contribution in [0.3, 0.4) is 0 Å². The highest BCUT2D eigenvalue weighted by Gasteiger charge is 2.27. The Morgan fingerprint density at radius 3 is 2.94 bits per heavy atom. The molecule has 2 atom stereocenters. The van der Waals surface area contributed by atoms with Crippen molar-refractivity contribution in [2.45, 2.75) is 31.7 Å². The Balaban J connectivity index is 2.06. The van der Waals surface area contributed by atoms with Crippen LogP contribution >= 0.6 is 11.8 Å². The number of benzene rings is 1. The van der Waals surface area contributed by atoms with Crippen LogP contribution in [0.15, 0.2) is 24.3 Å². The second kappa shape index (κ2) is 6.46. The van der Waals surface area contributed by atoms with Gasteiger partial charge in [-0.05, 0) is 61.8 Å². The molecular weight excluding hydrogens is 226 g/mol. The van der Waals surface area contributed by atoms with Gasteiger partial charge in [-0.3, -0.25) is 0 Å². The molecule has 1 aromatic rings. The molecule has 2 heteroatoms. The van der Waals surface area contributed by atoms with Gasteiger partial charge in [-0.1, -0.05) is 24.3 Å². The minimum absolute atomic E-state index is 0.571. The first-order chi connectivity index (χ1) is 8.36. The van der Waals surface area contributed by atoms with Gasteiger partial charge in [0.15, 0.2) is 0 Å². The van der Waals surface area contributed by atoms with Crippen molar-refractivity contribution in [2.24, 2.45) is 5.92 Å². The predicted octanol–water partition coefficient (Wildman–Crippen LogP) is 3.65. The van der Waals surface area contributed by atoms with E-state index in [0.717, 1.165) is 5.92 Å². The normalized spacial score (nSPS) is 23.4. The maximum Gasteiger partial charge on any atom is 0.0349 e. The molecule has 0 radical (unpaired) electrons. The zero-order chi connectivity index (χ0) is 12.1. The van der Waals surface area contributed by atoms with E-state index < -0.39 is 0 Å². The molecule has 2 unspecified atom stereocenters. The molecule has 1 aromatic carbocycles. The number of thioether (sulfide) groups is 1. The highest BCUT2D eigenvalue weighted by atomic mass is 32.2. The van der Waals surface area contributed by atoms with E-state index in [9.17, 15) is 0 Å². The molecular formula is C15H23NS. The molecule has 2 rings (SSSR count). The SMILES string of the molecule is CNC1c2ccccc2CCC1CCCSC. The van der Waals surface area contributed by atoms with Gasteiger partial charge >= 0.3 is 0 Å². The second-order valence-corrected chi connectivity index (χ2v) is 5.88. The summed E-state index contributed by atoms with van der Waals surface area (Å²) >= 11 is 1.96. The first-order valence-corrected chi connectivity index (χ1v) is 8.00. The monoisotopic (exact) mass is 249 g/mol. The van der Waals surface area contributed by atoms with E-state index in [-0.39, 0.29) is 0 Å². The molecule has 1 nitrogen and oxygen atoms in total. The highest BCUT2D eigenvalue weighted by molar-refractivity contribution is 7.98. The quantitative estimate of drug-likeness (QED) is 0.799. The van der Waals surface area contributed by atoms with Gasteiger partial charge in [0, 0.05) is 6.04 Å². The number of aryl methyl sites for hydroxylation is 1. The van der Waals surface area contributed by atoms with Gasteiger partial charge in [0.05, 0.1) is 0 Å². The van der Waals surface area contributed by atoms with Crippen molar-refractivity contribution in [1.82, 2.24) is 5.32 Å². The zero-order valence-electron chi connectivity index (χ0n) is 10.9. The van der Waals surface area contributed by atoms with E-state index >= 15 is 0 Å². The van der Waals surface area contributed by atoms with Crippen molar-refractivity contribution in [2.75, 3.05) is 19.1 Å². The summed E-state index contributed by atoms with van der Waals surface area (Å²) in [5.74, 6) is 2.12. The largest absolute Gasteiger partial charge is 0.313 e. The van der Waals surface area contributed by atoms with Gasteiger partial charge in [-0.15, -0.1) is 0 Å². The fourth-order valence-corrected chi connectivity index (χ4v) is 3.47. The van der Waals surface area contributed by atoms with Gasteiger partial charge in [0.25, 0.3) is 0 Å². The van der Waals surface area contributed by atoms with Crippen molar-refractivity contribution in [3.8, 4) is 0 Å². The van der Waals surface area contributed by atoms with Gasteiger partial charge in [-0.25, -0.2) is 0 Å². The third kappa shape index (κ3) is 3.05. The van der Waals surface area contributed by atoms with Gasteiger partial charge < -0.3 is 5.32 Å². The summed E-state index contributed by atoms with van der Waals surface area (Å²) in [5.41, 5.74) is 3.09. The van der Waals surface area contributed by atoms with Crippen LogP contribution in [0, 0.1) is 5.92 Å². The standard InChI is InChI=1S/C15H23NS/c1-16-15-13(7-5-11-17-2)10-9-12-6-3-4-8-14(12)15/h3-4,6,8,13,15-16H,5,7,9-11H2,1-2H3. The van der Waals surface area contributed by atoms with E-state index in [1.165, 1.54) is 37.0 Å². The Labute approximate surface area is 109 Å². The van der Waals surface area contributed by atoms with Crippen LogP contribution in [0.5, 0.6) is 0 Å². The lowest BCUT2D eigenvalue weighted by Gasteiger charge is -2.33. The van der Waals surface area contributed by atoms with Gasteiger partial charge in [0.2, 0.25) is 0 Å². The Bertz CT molecular complexity index is 351. The summed E-state index contributed by atoms with van der Waals surface area (Å²) in [6.07, 6.45) is 7.52. The molecule has 0 aliphatic heterocycles. The average molecular weight is 249 g/mol. The third-order valence-electron chi connectivity index (χ3n) is 3.88. The Kier molecular flexibility index (Phi) is 4.93. The average Bonchev–Trinajstić information content (AvgIpc) is 2.38. The summed E-state index contributed by atoms with van der Waals surface area (Å²) in [6, 6.07) is 9.50. The van der Waals surface area contributed by atoms with Crippen LogP contribution in [-0.2, 0) is 6.42 Å². The Morgan fingerprint density at radius 2 is 2.18 bits per heavy atom. The second-order valence-electron chi connectivity index (χ2n) is 4.90. The lowest BCUT2D eigenvalue weighted by atomic mass is 9.78. The summed E-state index contributed by atoms with van der Waals surface area (Å²) < 4.78 is 0. The van der Waals surface area contributed by atoms with Crippen LogP contribution in [0.4, 0.5) is 0 Å². The number of fused-ring (bicyclic) bond motifs is 1. The number of rotatable bonds is 5. The molecule has 1 aliphatic carbocycles. The van der Waals surface area contributed by atoms with Crippen LogP contribution in [0.2, 0.25) is 0 Å². The molecule has 0 fully saturated rings. The molecule has 1 aliphatic rings. The first kappa shape index (κ1) is 13.0. The minimum Gasteiger partial charge on any atom is -0.313 e. The van der Waals surface area contributed by atoms with E-state index in [1.807, 2.05) is 11.8 Å². The van der Waals surface area contributed by atoms with Crippen molar-refractivity contribution in [3.05, 3.63) is 35.4 Å². The van der Waals surface area contributed by atoms with Gasteiger partial charge in [-0.2, -0.15) is 11.8 Å².